The number of H-pyrrole nitrogens is 1. The second kappa shape index (κ2) is 6.62. The zero-order valence-corrected chi connectivity index (χ0v) is 13.1. The summed E-state index contributed by atoms with van der Waals surface area (Å²) >= 11 is 0. The van der Waals surface area contributed by atoms with Crippen LogP contribution in [0.3, 0.4) is 0 Å². The van der Waals surface area contributed by atoms with E-state index in [0.717, 1.165) is 43.5 Å². The van der Waals surface area contributed by atoms with E-state index in [1.54, 1.807) is 4.90 Å². The second-order valence-electron chi connectivity index (χ2n) is 5.83. The number of halogens is 1. The minimum atomic E-state index is -0.234. The van der Waals surface area contributed by atoms with Gasteiger partial charge in [-0.05, 0) is 44.2 Å². The van der Waals surface area contributed by atoms with E-state index in [-0.39, 0.29) is 29.9 Å². The maximum absolute atomic E-state index is 12.5. The average Bonchev–Trinajstić information content (AvgIpc) is 2.46. The van der Waals surface area contributed by atoms with Crippen LogP contribution in [0.4, 0.5) is 0 Å². The first-order chi connectivity index (χ1) is 9.65. The van der Waals surface area contributed by atoms with Gasteiger partial charge in [0.2, 0.25) is 0 Å². The minimum absolute atomic E-state index is 0. The molecule has 1 aromatic heterocycles. The molecule has 2 heterocycles. The topological polar surface area (TPSA) is 65.2 Å². The van der Waals surface area contributed by atoms with Gasteiger partial charge in [-0.3, -0.25) is 9.59 Å². The number of carbonyl (C=O) groups excluding carboxylic acids is 1. The van der Waals surface area contributed by atoms with Gasteiger partial charge in [-0.1, -0.05) is 0 Å². The van der Waals surface area contributed by atoms with Gasteiger partial charge in [0.1, 0.15) is 5.56 Å². The van der Waals surface area contributed by atoms with Gasteiger partial charge in [-0.2, -0.15) is 0 Å². The standard InChI is InChI=1S/C15H21N3O2.ClH/c1-10-9-18(7-6-16-10)15(20)12-8-11-4-2-3-5-13(11)17-14(12)19;/h8,10,16H,2-7,9H2,1H3,(H,17,19);1H. The molecule has 5 nitrogen and oxygen atoms in total. The normalized spacial score (nSPS) is 21.4. The first-order valence-corrected chi connectivity index (χ1v) is 7.43. The maximum atomic E-state index is 12.5. The third kappa shape index (κ3) is 3.30. The first-order valence-electron chi connectivity index (χ1n) is 7.43. The number of rotatable bonds is 1. The number of amides is 1. The molecule has 0 saturated carbocycles. The molecule has 2 aliphatic rings. The summed E-state index contributed by atoms with van der Waals surface area (Å²) in [5.74, 6) is -0.132. The number of nitrogens with zero attached hydrogens (tertiary/aromatic N) is 1. The van der Waals surface area contributed by atoms with Gasteiger partial charge in [-0.15, -0.1) is 12.4 Å². The molecule has 0 radical (unpaired) electrons. The lowest BCUT2D eigenvalue weighted by molar-refractivity contribution is 0.0707. The van der Waals surface area contributed by atoms with Gasteiger partial charge in [0.15, 0.2) is 0 Å². The Balaban J connectivity index is 0.00000161. The number of aromatic amines is 1. The smallest absolute Gasteiger partial charge is 0.261 e. The number of aryl methyl sites for hydroxylation is 2. The summed E-state index contributed by atoms with van der Waals surface area (Å²) in [6.45, 7) is 4.17. The van der Waals surface area contributed by atoms with Crippen LogP contribution in [0.5, 0.6) is 0 Å². The summed E-state index contributed by atoms with van der Waals surface area (Å²) < 4.78 is 0. The minimum Gasteiger partial charge on any atom is -0.336 e. The molecule has 0 bridgehead atoms. The Labute approximate surface area is 130 Å². The molecule has 1 amide bonds. The summed E-state index contributed by atoms with van der Waals surface area (Å²) in [5, 5.41) is 3.30. The molecule has 1 saturated heterocycles. The number of carbonyl (C=O) groups is 1. The molecular formula is C15H22ClN3O2. The summed E-state index contributed by atoms with van der Waals surface area (Å²) in [7, 11) is 0. The van der Waals surface area contributed by atoms with Crippen LogP contribution in [0.15, 0.2) is 10.9 Å². The summed E-state index contributed by atoms with van der Waals surface area (Å²) in [4.78, 5) is 29.4. The van der Waals surface area contributed by atoms with Crippen molar-refractivity contribution in [1.29, 1.82) is 0 Å². The van der Waals surface area contributed by atoms with Gasteiger partial charge in [0, 0.05) is 31.4 Å². The average molecular weight is 312 g/mol. The molecule has 116 valence electrons. The zero-order valence-electron chi connectivity index (χ0n) is 12.3. The van der Waals surface area contributed by atoms with E-state index in [0.29, 0.717) is 18.7 Å². The number of aromatic nitrogens is 1. The van der Waals surface area contributed by atoms with E-state index < -0.39 is 0 Å². The lowest BCUT2D eigenvalue weighted by Crippen LogP contribution is -2.52. The maximum Gasteiger partial charge on any atom is 0.261 e. The molecule has 0 spiro atoms. The van der Waals surface area contributed by atoms with E-state index in [4.69, 9.17) is 0 Å². The van der Waals surface area contributed by atoms with Crippen LogP contribution in [-0.2, 0) is 12.8 Å². The molecular weight excluding hydrogens is 290 g/mol. The highest BCUT2D eigenvalue weighted by Crippen LogP contribution is 2.19. The molecule has 1 fully saturated rings. The van der Waals surface area contributed by atoms with E-state index >= 15 is 0 Å². The van der Waals surface area contributed by atoms with Crippen LogP contribution >= 0.6 is 12.4 Å². The highest BCUT2D eigenvalue weighted by molar-refractivity contribution is 5.94. The second-order valence-corrected chi connectivity index (χ2v) is 5.83. The van der Waals surface area contributed by atoms with Gasteiger partial charge >= 0.3 is 0 Å². The van der Waals surface area contributed by atoms with Crippen LogP contribution in [0, 0.1) is 0 Å². The van der Waals surface area contributed by atoms with Crippen molar-refractivity contribution in [3.63, 3.8) is 0 Å². The zero-order chi connectivity index (χ0) is 14.1. The number of pyridine rings is 1. The van der Waals surface area contributed by atoms with E-state index in [9.17, 15) is 9.59 Å². The Morgan fingerprint density at radius 3 is 2.86 bits per heavy atom. The molecule has 21 heavy (non-hydrogen) atoms. The highest BCUT2D eigenvalue weighted by atomic mass is 35.5. The molecule has 1 aromatic rings. The largest absolute Gasteiger partial charge is 0.336 e. The van der Waals surface area contributed by atoms with E-state index in [2.05, 4.69) is 17.2 Å². The van der Waals surface area contributed by atoms with Crippen LogP contribution in [0.25, 0.3) is 0 Å². The van der Waals surface area contributed by atoms with Crippen molar-refractivity contribution in [3.05, 3.63) is 33.2 Å². The molecule has 2 N–H and O–H groups in total. The van der Waals surface area contributed by atoms with Gasteiger partial charge in [-0.25, -0.2) is 0 Å². The van der Waals surface area contributed by atoms with Crippen molar-refractivity contribution in [3.8, 4) is 0 Å². The van der Waals surface area contributed by atoms with Crippen LogP contribution in [-0.4, -0.2) is 41.5 Å². The molecule has 1 aliphatic heterocycles. The molecule has 1 unspecified atom stereocenters. The van der Waals surface area contributed by atoms with Crippen molar-refractivity contribution in [1.82, 2.24) is 15.2 Å². The fourth-order valence-electron chi connectivity index (χ4n) is 3.12. The van der Waals surface area contributed by atoms with Crippen molar-refractivity contribution in [2.24, 2.45) is 0 Å². The Kier molecular flexibility index (Phi) is 5.06. The lowest BCUT2D eigenvalue weighted by atomic mass is 9.95. The first kappa shape index (κ1) is 16.0. The lowest BCUT2D eigenvalue weighted by Gasteiger charge is -2.32. The van der Waals surface area contributed by atoms with Gasteiger partial charge < -0.3 is 15.2 Å². The van der Waals surface area contributed by atoms with Crippen LogP contribution < -0.4 is 10.9 Å². The number of nitrogens with one attached hydrogen (secondary N) is 2. The van der Waals surface area contributed by atoms with Crippen molar-refractivity contribution < 1.29 is 4.79 Å². The molecule has 0 aromatic carbocycles. The van der Waals surface area contributed by atoms with Crippen molar-refractivity contribution >= 4 is 18.3 Å². The van der Waals surface area contributed by atoms with E-state index in [1.807, 2.05) is 6.07 Å². The highest BCUT2D eigenvalue weighted by Gasteiger charge is 2.25. The van der Waals surface area contributed by atoms with Gasteiger partial charge in [0.05, 0.1) is 0 Å². The molecule has 1 aliphatic carbocycles. The Morgan fingerprint density at radius 2 is 2.10 bits per heavy atom. The number of hydrogen-bond donors (Lipinski definition) is 2. The molecule has 1 atom stereocenters. The third-order valence-corrected chi connectivity index (χ3v) is 4.22. The molecule has 3 rings (SSSR count). The van der Waals surface area contributed by atoms with Crippen molar-refractivity contribution in [2.75, 3.05) is 19.6 Å². The summed E-state index contributed by atoms with van der Waals surface area (Å²) in [6.07, 6.45) is 4.14. The van der Waals surface area contributed by atoms with E-state index in [1.165, 1.54) is 0 Å². The predicted octanol–water partition coefficient (Wildman–Crippen LogP) is 1.11. The summed E-state index contributed by atoms with van der Waals surface area (Å²) in [5.41, 5.74) is 2.23. The quantitative estimate of drug-likeness (QED) is 0.816. The fourth-order valence-corrected chi connectivity index (χ4v) is 3.12. The number of fused-ring (bicyclic) bond motifs is 1. The van der Waals surface area contributed by atoms with Crippen LogP contribution in [0.1, 0.15) is 41.4 Å². The summed E-state index contributed by atoms with van der Waals surface area (Å²) in [6, 6.07) is 2.10. The Bertz CT molecular complexity index is 585. The number of piperazine rings is 1. The predicted molar refractivity (Wildman–Crippen MR) is 84.3 cm³/mol. The Morgan fingerprint density at radius 1 is 1.33 bits per heavy atom. The van der Waals surface area contributed by atoms with Crippen LogP contribution in [0.2, 0.25) is 0 Å². The fraction of sp³-hybridized carbons (Fsp3) is 0.600. The number of hydrogen-bond acceptors (Lipinski definition) is 3. The SMILES string of the molecule is CC1CN(C(=O)c2cc3c([nH]c2=O)CCCC3)CCN1.Cl. The van der Waals surface area contributed by atoms with Crippen molar-refractivity contribution in [2.45, 2.75) is 38.6 Å². The Hall–Kier alpha value is -1.33. The molecule has 6 heteroatoms. The van der Waals surface area contributed by atoms with Gasteiger partial charge in [0.25, 0.3) is 11.5 Å². The monoisotopic (exact) mass is 311 g/mol. The third-order valence-electron chi connectivity index (χ3n) is 4.22.